The number of fused-ring (bicyclic) bond motifs is 1. The van der Waals surface area contributed by atoms with Crippen molar-refractivity contribution in [2.45, 2.75) is 32.2 Å². The predicted octanol–water partition coefficient (Wildman–Crippen LogP) is 5.04. The third-order valence-corrected chi connectivity index (χ3v) is 4.47. The summed E-state index contributed by atoms with van der Waals surface area (Å²) in [6.45, 7) is 0.905. The van der Waals surface area contributed by atoms with Gasteiger partial charge in [-0.1, -0.05) is 36.4 Å². The van der Waals surface area contributed by atoms with E-state index in [4.69, 9.17) is 0 Å². The lowest BCUT2D eigenvalue weighted by Crippen LogP contribution is -2.05. The number of nitrogens with zero attached hydrogens (tertiary/aromatic N) is 2. The molecule has 2 heteroatoms. The van der Waals surface area contributed by atoms with Gasteiger partial charge in [-0.2, -0.15) is 0 Å². The van der Waals surface area contributed by atoms with Gasteiger partial charge in [0.15, 0.2) is 0 Å². The van der Waals surface area contributed by atoms with E-state index in [9.17, 15) is 0 Å². The third kappa shape index (κ3) is 2.45. The summed E-state index contributed by atoms with van der Waals surface area (Å²) >= 11 is 0. The van der Waals surface area contributed by atoms with Crippen LogP contribution in [0, 0.1) is 0 Å². The van der Waals surface area contributed by atoms with Gasteiger partial charge in [0.1, 0.15) is 0 Å². The fourth-order valence-electron chi connectivity index (χ4n) is 3.36. The highest BCUT2D eigenvalue weighted by Crippen LogP contribution is 2.31. The summed E-state index contributed by atoms with van der Waals surface area (Å²) in [5.41, 5.74) is 6.49. The number of pyridine rings is 1. The summed E-state index contributed by atoms with van der Waals surface area (Å²) in [5.74, 6) is 0. The van der Waals surface area contributed by atoms with Crippen LogP contribution in [-0.2, 0) is 6.54 Å². The summed E-state index contributed by atoms with van der Waals surface area (Å²) in [5, 5.41) is 0. The highest BCUT2D eigenvalue weighted by Gasteiger charge is 2.15. The van der Waals surface area contributed by atoms with Gasteiger partial charge in [0.2, 0.25) is 0 Å². The molecule has 0 atom stereocenters. The van der Waals surface area contributed by atoms with Crippen molar-refractivity contribution in [2.24, 2.45) is 0 Å². The molecule has 0 bridgehead atoms. The Morgan fingerprint density at radius 1 is 1.00 bits per heavy atom. The second kappa shape index (κ2) is 5.80. The fraction of sp³-hybridized carbons (Fsp3) is 0.250. The van der Waals surface area contributed by atoms with Crippen LogP contribution in [0.3, 0.4) is 0 Å². The molecule has 0 saturated carbocycles. The summed E-state index contributed by atoms with van der Waals surface area (Å²) in [6, 6.07) is 17.2. The topological polar surface area (TPSA) is 17.8 Å². The molecule has 3 aromatic rings. The quantitative estimate of drug-likeness (QED) is 0.660. The maximum Gasteiger partial charge on any atom is 0.0887 e. The molecule has 0 amide bonds. The molecule has 1 aliphatic rings. The minimum absolute atomic E-state index is 0.905. The molecule has 0 saturated heterocycles. The number of hydrogen-bond acceptors (Lipinski definition) is 1. The van der Waals surface area contributed by atoms with Crippen molar-refractivity contribution in [3.05, 3.63) is 72.1 Å². The zero-order valence-corrected chi connectivity index (χ0v) is 12.7. The van der Waals surface area contributed by atoms with Crippen molar-refractivity contribution < 1.29 is 0 Å². The highest BCUT2D eigenvalue weighted by molar-refractivity contribution is 5.82. The Balaban J connectivity index is 1.84. The second-order valence-electron chi connectivity index (χ2n) is 5.98. The Morgan fingerprint density at radius 2 is 1.91 bits per heavy atom. The molecule has 1 aliphatic carbocycles. The fourth-order valence-corrected chi connectivity index (χ4v) is 3.36. The van der Waals surface area contributed by atoms with Gasteiger partial charge in [-0.3, -0.25) is 4.98 Å². The maximum absolute atomic E-state index is 4.55. The maximum atomic E-state index is 4.55. The molecule has 110 valence electrons. The lowest BCUT2D eigenvalue weighted by atomic mass is 9.97. The summed E-state index contributed by atoms with van der Waals surface area (Å²) in [7, 11) is 0. The smallest absolute Gasteiger partial charge is 0.0887 e. The Kier molecular flexibility index (Phi) is 3.51. The van der Waals surface area contributed by atoms with Gasteiger partial charge in [-0.05, 0) is 55.0 Å². The molecule has 22 heavy (non-hydrogen) atoms. The zero-order valence-electron chi connectivity index (χ0n) is 12.7. The predicted molar refractivity (Wildman–Crippen MR) is 91.7 cm³/mol. The Bertz CT molecular complexity index is 812. The van der Waals surface area contributed by atoms with E-state index in [2.05, 4.69) is 58.1 Å². The van der Waals surface area contributed by atoms with Crippen molar-refractivity contribution in [2.75, 3.05) is 0 Å². The van der Waals surface area contributed by atoms with Crippen LogP contribution < -0.4 is 0 Å². The molecule has 0 radical (unpaired) electrons. The Labute approximate surface area is 131 Å². The lowest BCUT2D eigenvalue weighted by Gasteiger charge is -2.16. The monoisotopic (exact) mass is 288 g/mol. The van der Waals surface area contributed by atoms with E-state index in [-0.39, 0.29) is 0 Å². The van der Waals surface area contributed by atoms with E-state index in [1.54, 1.807) is 0 Å². The number of benzene rings is 1. The molecule has 2 aromatic heterocycles. The first-order valence-corrected chi connectivity index (χ1v) is 8.09. The summed E-state index contributed by atoms with van der Waals surface area (Å²) in [6.07, 6.45) is 9.31. The van der Waals surface area contributed by atoms with E-state index in [0.717, 1.165) is 12.1 Å². The molecular formula is C20H20N2. The van der Waals surface area contributed by atoms with Gasteiger partial charge in [-0.25, -0.2) is 0 Å². The van der Waals surface area contributed by atoms with Crippen LogP contribution in [0.2, 0.25) is 0 Å². The average Bonchev–Trinajstić information content (AvgIpc) is 2.95. The van der Waals surface area contributed by atoms with Crippen LogP contribution in [0.1, 0.15) is 36.9 Å². The van der Waals surface area contributed by atoms with Crippen LogP contribution in [0.15, 0.2) is 60.8 Å². The molecule has 0 fully saturated rings. The number of allylic oxidation sites excluding steroid dienone is 2. The first-order valence-electron chi connectivity index (χ1n) is 8.09. The first kappa shape index (κ1) is 13.3. The summed E-state index contributed by atoms with van der Waals surface area (Å²) in [4.78, 5) is 4.55. The minimum Gasteiger partial charge on any atom is -0.335 e. The largest absolute Gasteiger partial charge is 0.335 e. The summed E-state index contributed by atoms with van der Waals surface area (Å²) < 4.78 is 2.43. The third-order valence-electron chi connectivity index (χ3n) is 4.47. The van der Waals surface area contributed by atoms with Crippen LogP contribution in [0.5, 0.6) is 0 Å². The van der Waals surface area contributed by atoms with Gasteiger partial charge in [0.05, 0.1) is 11.0 Å². The van der Waals surface area contributed by atoms with Crippen molar-refractivity contribution in [1.29, 1.82) is 0 Å². The van der Waals surface area contributed by atoms with Gasteiger partial charge in [0.25, 0.3) is 0 Å². The van der Waals surface area contributed by atoms with E-state index in [1.165, 1.54) is 48.0 Å². The van der Waals surface area contributed by atoms with Crippen molar-refractivity contribution in [1.82, 2.24) is 9.55 Å². The zero-order chi connectivity index (χ0) is 14.8. The van der Waals surface area contributed by atoms with Gasteiger partial charge < -0.3 is 4.57 Å². The first-order chi connectivity index (χ1) is 10.9. The number of rotatable bonds is 3. The molecule has 0 unspecified atom stereocenters. The molecule has 0 aliphatic heterocycles. The minimum atomic E-state index is 0.905. The molecule has 2 heterocycles. The molecule has 4 rings (SSSR count). The molecule has 1 aromatic carbocycles. The number of aromatic nitrogens is 2. The van der Waals surface area contributed by atoms with E-state index < -0.39 is 0 Å². The van der Waals surface area contributed by atoms with Gasteiger partial charge in [0, 0.05) is 18.4 Å². The standard InChI is InChI=1S/C20H20N2/c1-3-8-16(9-4-1)15-22-19-12-7-13-21-18(19)14-20(22)17-10-5-2-6-11-17/h1,3-4,7-10,12-14H,2,5-6,11,15H2. The number of hydrogen-bond donors (Lipinski definition) is 0. The lowest BCUT2D eigenvalue weighted by molar-refractivity contribution is 0.729. The van der Waals surface area contributed by atoms with Crippen LogP contribution in [-0.4, -0.2) is 9.55 Å². The molecule has 0 N–H and O–H groups in total. The molecule has 2 nitrogen and oxygen atoms in total. The van der Waals surface area contributed by atoms with Crippen molar-refractivity contribution in [3.8, 4) is 0 Å². The van der Waals surface area contributed by atoms with Crippen LogP contribution in [0.4, 0.5) is 0 Å². The van der Waals surface area contributed by atoms with Crippen LogP contribution in [0.25, 0.3) is 16.6 Å². The van der Waals surface area contributed by atoms with Gasteiger partial charge >= 0.3 is 0 Å². The Hall–Kier alpha value is -2.35. The highest BCUT2D eigenvalue weighted by atomic mass is 15.0. The van der Waals surface area contributed by atoms with E-state index >= 15 is 0 Å². The van der Waals surface area contributed by atoms with Gasteiger partial charge in [-0.15, -0.1) is 0 Å². The average molecular weight is 288 g/mol. The SMILES string of the molecule is C1=C(c2cc3ncccc3n2Cc2ccccc2)CCCC1. The van der Waals surface area contributed by atoms with E-state index in [1.807, 2.05) is 12.3 Å². The van der Waals surface area contributed by atoms with Crippen molar-refractivity contribution >= 4 is 16.6 Å². The van der Waals surface area contributed by atoms with Crippen LogP contribution >= 0.6 is 0 Å². The Morgan fingerprint density at radius 3 is 2.73 bits per heavy atom. The second-order valence-corrected chi connectivity index (χ2v) is 5.98. The normalized spacial score (nSPS) is 15.0. The molecule has 0 spiro atoms. The van der Waals surface area contributed by atoms with E-state index in [0.29, 0.717) is 0 Å². The van der Waals surface area contributed by atoms with Crippen molar-refractivity contribution in [3.63, 3.8) is 0 Å². The molecular weight excluding hydrogens is 268 g/mol.